The van der Waals surface area contributed by atoms with Gasteiger partial charge < -0.3 is 5.32 Å². The molecule has 0 amide bonds. The van der Waals surface area contributed by atoms with Gasteiger partial charge >= 0.3 is 0 Å². The van der Waals surface area contributed by atoms with Gasteiger partial charge in [-0.05, 0) is 35.3 Å². The number of halogens is 1. The first kappa shape index (κ1) is 11.2. The van der Waals surface area contributed by atoms with Crippen molar-refractivity contribution in [2.75, 3.05) is 11.9 Å². The first-order chi connectivity index (χ1) is 9.33. The molecule has 96 valence electrons. The van der Waals surface area contributed by atoms with Crippen LogP contribution < -0.4 is 5.32 Å². The van der Waals surface area contributed by atoms with Crippen molar-refractivity contribution >= 4 is 17.4 Å². The quantitative estimate of drug-likeness (QED) is 0.932. The molecule has 19 heavy (non-hydrogen) atoms. The third-order valence-electron chi connectivity index (χ3n) is 4.33. The Bertz CT molecular complexity index is 628. The molecule has 1 fully saturated rings. The van der Waals surface area contributed by atoms with Crippen LogP contribution in [-0.2, 0) is 6.42 Å². The van der Waals surface area contributed by atoms with Gasteiger partial charge in [0.25, 0.3) is 0 Å². The van der Waals surface area contributed by atoms with Gasteiger partial charge in [-0.25, -0.2) is 4.98 Å². The van der Waals surface area contributed by atoms with Crippen LogP contribution in [0.25, 0.3) is 0 Å². The van der Waals surface area contributed by atoms with Crippen molar-refractivity contribution in [2.45, 2.75) is 12.3 Å². The largest absolute Gasteiger partial charge is 0.368 e. The minimum atomic E-state index is 0.436. The second-order valence-corrected chi connectivity index (χ2v) is 5.75. The first-order valence-corrected chi connectivity index (χ1v) is 7.00. The molecule has 0 spiro atoms. The number of fused-ring (bicyclic) bond motifs is 3. The lowest BCUT2D eigenvalue weighted by atomic mass is 10.0. The second-order valence-electron chi connectivity index (χ2n) is 5.36. The number of anilines is 1. The fourth-order valence-electron chi connectivity index (χ4n) is 3.41. The molecule has 2 aliphatic carbocycles. The standard InChI is InChI=1S/C15H14ClN3/c16-13-7-17-8-14(19-13)18-6-12-11-5-9-3-1-2-4-10(9)15(11)12/h1-4,7-8,11-12,15H,5-6H2,(H,18,19). The van der Waals surface area contributed by atoms with E-state index in [1.807, 2.05) is 0 Å². The van der Waals surface area contributed by atoms with Crippen LogP contribution in [0.15, 0.2) is 36.7 Å². The van der Waals surface area contributed by atoms with E-state index in [2.05, 4.69) is 39.6 Å². The molecule has 0 bridgehead atoms. The maximum Gasteiger partial charge on any atom is 0.149 e. The number of hydrogen-bond acceptors (Lipinski definition) is 3. The molecule has 0 aliphatic heterocycles. The predicted octanol–water partition coefficient (Wildman–Crippen LogP) is 3.13. The minimum absolute atomic E-state index is 0.436. The highest BCUT2D eigenvalue weighted by molar-refractivity contribution is 6.29. The van der Waals surface area contributed by atoms with Gasteiger partial charge in [0.1, 0.15) is 11.0 Å². The molecule has 1 heterocycles. The summed E-state index contributed by atoms with van der Waals surface area (Å²) in [6.07, 6.45) is 4.50. The summed E-state index contributed by atoms with van der Waals surface area (Å²) in [4.78, 5) is 8.24. The summed E-state index contributed by atoms with van der Waals surface area (Å²) in [5, 5.41) is 3.79. The molecule has 3 unspecified atom stereocenters. The van der Waals surface area contributed by atoms with E-state index in [9.17, 15) is 0 Å². The van der Waals surface area contributed by atoms with E-state index in [4.69, 9.17) is 11.6 Å². The highest BCUT2D eigenvalue weighted by atomic mass is 35.5. The highest BCUT2D eigenvalue weighted by Crippen LogP contribution is 2.61. The van der Waals surface area contributed by atoms with Crippen LogP contribution in [0.4, 0.5) is 5.82 Å². The molecule has 3 atom stereocenters. The summed E-state index contributed by atoms with van der Waals surface area (Å²) in [6.45, 7) is 0.957. The van der Waals surface area contributed by atoms with Crippen LogP contribution in [0.3, 0.4) is 0 Å². The Balaban J connectivity index is 1.43. The summed E-state index contributed by atoms with van der Waals surface area (Å²) in [6, 6.07) is 8.82. The van der Waals surface area contributed by atoms with Crippen molar-refractivity contribution in [3.63, 3.8) is 0 Å². The van der Waals surface area contributed by atoms with Gasteiger partial charge in [0, 0.05) is 6.54 Å². The van der Waals surface area contributed by atoms with E-state index in [0.717, 1.165) is 30.1 Å². The Morgan fingerprint density at radius 3 is 3.05 bits per heavy atom. The number of nitrogens with zero attached hydrogens (tertiary/aromatic N) is 2. The molecular formula is C15H14ClN3. The van der Waals surface area contributed by atoms with Crippen LogP contribution in [0, 0.1) is 11.8 Å². The second kappa shape index (κ2) is 4.20. The Morgan fingerprint density at radius 2 is 2.16 bits per heavy atom. The molecule has 1 aromatic heterocycles. The topological polar surface area (TPSA) is 37.8 Å². The van der Waals surface area contributed by atoms with Crippen LogP contribution in [0.1, 0.15) is 17.0 Å². The molecule has 1 aromatic carbocycles. The number of benzene rings is 1. The molecule has 1 saturated carbocycles. The monoisotopic (exact) mass is 271 g/mol. The zero-order valence-electron chi connectivity index (χ0n) is 10.4. The first-order valence-electron chi connectivity index (χ1n) is 6.62. The van der Waals surface area contributed by atoms with Gasteiger partial charge in [0.15, 0.2) is 0 Å². The Kier molecular flexibility index (Phi) is 2.49. The normalized spacial score (nSPS) is 26.7. The zero-order chi connectivity index (χ0) is 12.8. The Labute approximate surface area is 117 Å². The van der Waals surface area contributed by atoms with Gasteiger partial charge in [0.2, 0.25) is 0 Å². The van der Waals surface area contributed by atoms with E-state index in [-0.39, 0.29) is 0 Å². The molecule has 0 radical (unpaired) electrons. The van der Waals surface area contributed by atoms with Crippen molar-refractivity contribution in [1.82, 2.24) is 9.97 Å². The maximum atomic E-state index is 5.82. The number of hydrogen-bond donors (Lipinski definition) is 1. The molecule has 2 aliphatic rings. The molecular weight excluding hydrogens is 258 g/mol. The lowest BCUT2D eigenvalue weighted by Crippen LogP contribution is -2.09. The van der Waals surface area contributed by atoms with Crippen molar-refractivity contribution in [3.05, 3.63) is 52.9 Å². The van der Waals surface area contributed by atoms with E-state index >= 15 is 0 Å². The molecule has 1 N–H and O–H groups in total. The third-order valence-corrected chi connectivity index (χ3v) is 4.51. The smallest absolute Gasteiger partial charge is 0.149 e. The van der Waals surface area contributed by atoms with Crippen molar-refractivity contribution in [2.24, 2.45) is 11.8 Å². The van der Waals surface area contributed by atoms with Crippen LogP contribution in [0.5, 0.6) is 0 Å². The van der Waals surface area contributed by atoms with Crippen LogP contribution >= 0.6 is 11.6 Å². The Morgan fingerprint density at radius 1 is 1.26 bits per heavy atom. The van der Waals surface area contributed by atoms with Crippen LogP contribution in [0.2, 0.25) is 5.15 Å². The van der Waals surface area contributed by atoms with Gasteiger partial charge in [-0.1, -0.05) is 35.9 Å². The van der Waals surface area contributed by atoms with Crippen molar-refractivity contribution < 1.29 is 0 Å². The van der Waals surface area contributed by atoms with E-state index in [1.54, 1.807) is 18.0 Å². The third kappa shape index (κ3) is 1.89. The summed E-state index contributed by atoms with van der Waals surface area (Å²) in [7, 11) is 0. The zero-order valence-corrected chi connectivity index (χ0v) is 11.1. The SMILES string of the molecule is Clc1cncc(NCC2C3Cc4ccccc4C23)n1. The van der Waals surface area contributed by atoms with Gasteiger partial charge in [-0.15, -0.1) is 0 Å². The molecule has 3 nitrogen and oxygen atoms in total. The van der Waals surface area contributed by atoms with E-state index in [1.165, 1.54) is 12.0 Å². The van der Waals surface area contributed by atoms with Gasteiger partial charge in [-0.3, -0.25) is 4.98 Å². The van der Waals surface area contributed by atoms with Crippen LogP contribution in [-0.4, -0.2) is 16.5 Å². The van der Waals surface area contributed by atoms with Crippen molar-refractivity contribution in [1.29, 1.82) is 0 Å². The molecule has 4 rings (SSSR count). The fraction of sp³-hybridized carbons (Fsp3) is 0.333. The van der Waals surface area contributed by atoms with E-state index in [0.29, 0.717) is 5.15 Å². The average molecular weight is 272 g/mol. The number of nitrogens with one attached hydrogen (secondary N) is 1. The average Bonchev–Trinajstić information content (AvgIpc) is 2.96. The summed E-state index contributed by atoms with van der Waals surface area (Å²) >= 11 is 5.82. The van der Waals surface area contributed by atoms with Crippen molar-refractivity contribution in [3.8, 4) is 0 Å². The highest BCUT2D eigenvalue weighted by Gasteiger charge is 2.54. The van der Waals surface area contributed by atoms with Gasteiger partial charge in [-0.2, -0.15) is 0 Å². The number of rotatable bonds is 3. The maximum absolute atomic E-state index is 5.82. The summed E-state index contributed by atoms with van der Waals surface area (Å²) in [5.74, 6) is 3.06. The molecule has 0 saturated heterocycles. The lowest BCUT2D eigenvalue weighted by Gasteiger charge is -2.09. The fourth-order valence-corrected chi connectivity index (χ4v) is 3.56. The summed E-state index contributed by atoms with van der Waals surface area (Å²) in [5.41, 5.74) is 3.09. The molecule has 2 aromatic rings. The lowest BCUT2D eigenvalue weighted by molar-refractivity contribution is 0.718. The minimum Gasteiger partial charge on any atom is -0.368 e. The predicted molar refractivity (Wildman–Crippen MR) is 75.4 cm³/mol. The Hall–Kier alpha value is -1.61. The van der Waals surface area contributed by atoms with Gasteiger partial charge in [0.05, 0.1) is 12.4 Å². The van der Waals surface area contributed by atoms with E-state index < -0.39 is 0 Å². The number of aromatic nitrogens is 2. The summed E-state index contributed by atoms with van der Waals surface area (Å²) < 4.78 is 0. The molecule has 4 heteroatoms.